The molecule has 1 fully saturated rings. The van der Waals surface area contributed by atoms with E-state index in [2.05, 4.69) is 29.4 Å². The Balaban J connectivity index is 2.63. The van der Waals surface area contributed by atoms with Crippen LogP contribution >= 0.6 is 11.8 Å². The molecule has 0 aromatic carbocycles. The average Bonchev–Trinajstić information content (AvgIpc) is 2.44. The molecule has 0 unspecified atom stereocenters. The summed E-state index contributed by atoms with van der Waals surface area (Å²) in [5.74, 6) is 0. The van der Waals surface area contributed by atoms with E-state index in [1.165, 1.54) is 31.0 Å². The number of hydrogen-bond donors (Lipinski definition) is 1. The quantitative estimate of drug-likeness (QED) is 0.678. The molecule has 0 heterocycles. The summed E-state index contributed by atoms with van der Waals surface area (Å²) in [4.78, 5) is 12.3. The molecule has 1 amide bonds. The molecule has 1 saturated carbocycles. The van der Waals surface area contributed by atoms with Gasteiger partial charge in [0.2, 0.25) is 0 Å². The number of azo groups is 1. The predicted molar refractivity (Wildman–Crippen MR) is 90.9 cm³/mol. The van der Waals surface area contributed by atoms with Crippen LogP contribution in [0.3, 0.4) is 0 Å². The van der Waals surface area contributed by atoms with Crippen LogP contribution in [0.15, 0.2) is 10.2 Å². The van der Waals surface area contributed by atoms with Crippen molar-refractivity contribution in [2.45, 2.75) is 96.0 Å². The van der Waals surface area contributed by atoms with Crippen LogP contribution in [0.25, 0.3) is 0 Å². The number of nitrogens with one attached hydrogen (secondary N) is 1. The molecule has 1 aliphatic carbocycles. The summed E-state index contributed by atoms with van der Waals surface area (Å²) in [5.41, 5.74) is -0.761. The third kappa shape index (κ3) is 6.81. The minimum atomic E-state index is -0.550. The van der Waals surface area contributed by atoms with Gasteiger partial charge in [0, 0.05) is 5.25 Å². The van der Waals surface area contributed by atoms with Crippen molar-refractivity contribution >= 4 is 17.0 Å². The van der Waals surface area contributed by atoms with Crippen LogP contribution in [0.1, 0.15) is 79.6 Å². The van der Waals surface area contributed by atoms with Gasteiger partial charge in [0.1, 0.15) is 0 Å². The monoisotopic (exact) mass is 313 g/mol. The normalized spacial score (nSPS) is 18.1. The Morgan fingerprint density at radius 1 is 1.10 bits per heavy atom. The lowest BCUT2D eigenvalue weighted by Crippen LogP contribution is -2.45. The molecule has 0 aliphatic heterocycles. The molecule has 0 radical (unpaired) electrons. The van der Waals surface area contributed by atoms with Crippen LogP contribution < -0.4 is 5.32 Å². The first-order valence-electron chi connectivity index (χ1n) is 8.23. The van der Waals surface area contributed by atoms with Crippen molar-refractivity contribution in [1.29, 1.82) is 0 Å². The molecule has 0 bridgehead atoms. The van der Waals surface area contributed by atoms with E-state index < -0.39 is 5.66 Å². The molecule has 5 heteroatoms. The van der Waals surface area contributed by atoms with Crippen molar-refractivity contribution in [3.8, 4) is 0 Å². The highest BCUT2D eigenvalue weighted by Gasteiger charge is 2.30. The first-order chi connectivity index (χ1) is 9.80. The van der Waals surface area contributed by atoms with Crippen LogP contribution in [0.5, 0.6) is 0 Å². The van der Waals surface area contributed by atoms with Crippen LogP contribution in [0.4, 0.5) is 4.79 Å². The molecular weight excluding hydrogens is 282 g/mol. The Morgan fingerprint density at radius 3 is 2.14 bits per heavy atom. The highest BCUT2D eigenvalue weighted by atomic mass is 32.2. The number of carbonyl (C=O) groups is 1. The molecule has 4 nitrogen and oxygen atoms in total. The Morgan fingerprint density at radius 2 is 1.67 bits per heavy atom. The zero-order valence-corrected chi connectivity index (χ0v) is 15.1. The van der Waals surface area contributed by atoms with E-state index in [1.807, 2.05) is 20.8 Å². The second-order valence-corrected chi connectivity index (χ2v) is 8.17. The third-order valence-corrected chi connectivity index (χ3v) is 4.99. The zero-order valence-electron chi connectivity index (χ0n) is 14.2. The Labute approximate surface area is 133 Å². The number of rotatable bonds is 5. The minimum Gasteiger partial charge on any atom is -0.321 e. The van der Waals surface area contributed by atoms with Crippen LogP contribution in [0.2, 0.25) is 0 Å². The molecule has 0 spiro atoms. The molecule has 0 aromatic heterocycles. The van der Waals surface area contributed by atoms with Gasteiger partial charge in [0.25, 0.3) is 5.24 Å². The maximum atomic E-state index is 12.3. The summed E-state index contributed by atoms with van der Waals surface area (Å²) in [6.07, 6.45) is 7.66. The van der Waals surface area contributed by atoms with E-state index >= 15 is 0 Å². The van der Waals surface area contributed by atoms with Gasteiger partial charge in [-0.05, 0) is 46.5 Å². The third-order valence-electron chi connectivity index (χ3n) is 3.87. The Bertz CT molecular complexity index is 353. The molecule has 21 heavy (non-hydrogen) atoms. The summed E-state index contributed by atoms with van der Waals surface area (Å²) in [6.45, 7) is 10.2. The largest absolute Gasteiger partial charge is 0.321 e. The van der Waals surface area contributed by atoms with Crippen molar-refractivity contribution in [3.63, 3.8) is 0 Å². The number of hydrogen-bond acceptors (Lipinski definition) is 4. The fourth-order valence-electron chi connectivity index (χ4n) is 2.39. The van der Waals surface area contributed by atoms with Crippen molar-refractivity contribution in [1.82, 2.24) is 5.32 Å². The lowest BCUT2D eigenvalue weighted by molar-refractivity contribution is 0.238. The number of carbonyl (C=O) groups excluding carboxylic acids is 1. The van der Waals surface area contributed by atoms with Gasteiger partial charge in [-0.15, -0.1) is 0 Å². The van der Waals surface area contributed by atoms with Gasteiger partial charge in [-0.2, -0.15) is 10.2 Å². The number of nitrogens with zero attached hydrogens (tertiary/aromatic N) is 2. The fourth-order valence-corrected chi connectivity index (χ4v) is 3.51. The first kappa shape index (κ1) is 18.5. The SMILES string of the molecule is CCC(CC)(N=NC(C)(C)C)NC(=O)SC1CCCCC1. The van der Waals surface area contributed by atoms with Crippen molar-refractivity contribution in [3.05, 3.63) is 0 Å². The van der Waals surface area contributed by atoms with Crippen LogP contribution in [-0.2, 0) is 0 Å². The van der Waals surface area contributed by atoms with E-state index in [0.717, 1.165) is 25.7 Å². The summed E-state index contributed by atoms with van der Waals surface area (Å²) in [6, 6.07) is 0. The molecule has 0 atom stereocenters. The van der Waals surface area contributed by atoms with E-state index in [0.29, 0.717) is 5.25 Å². The van der Waals surface area contributed by atoms with E-state index in [4.69, 9.17) is 0 Å². The van der Waals surface area contributed by atoms with Gasteiger partial charge in [0.05, 0.1) is 5.54 Å². The van der Waals surface area contributed by atoms with Crippen molar-refractivity contribution in [2.75, 3.05) is 0 Å². The predicted octanol–water partition coefficient (Wildman–Crippen LogP) is 5.53. The molecule has 0 aromatic rings. The fraction of sp³-hybridized carbons (Fsp3) is 0.938. The van der Waals surface area contributed by atoms with Crippen LogP contribution in [-0.4, -0.2) is 21.7 Å². The lowest BCUT2D eigenvalue weighted by atomic mass is 10.0. The van der Waals surface area contributed by atoms with Gasteiger partial charge in [-0.3, -0.25) is 4.79 Å². The Kier molecular flexibility index (Phi) is 7.17. The van der Waals surface area contributed by atoms with E-state index in [1.54, 1.807) is 0 Å². The van der Waals surface area contributed by atoms with Gasteiger partial charge < -0.3 is 5.32 Å². The number of thioether (sulfide) groups is 1. The van der Waals surface area contributed by atoms with Crippen LogP contribution in [0, 0.1) is 0 Å². The molecule has 1 rings (SSSR count). The molecule has 122 valence electrons. The molecule has 1 aliphatic rings. The van der Waals surface area contributed by atoms with Crippen molar-refractivity contribution in [2.24, 2.45) is 10.2 Å². The van der Waals surface area contributed by atoms with Gasteiger partial charge in [0.15, 0.2) is 5.66 Å². The van der Waals surface area contributed by atoms with Gasteiger partial charge in [-0.1, -0.05) is 44.9 Å². The minimum absolute atomic E-state index is 0.0541. The standard InChI is InChI=1S/C16H31N3OS/c1-6-16(7-2,19-18-15(3,4)5)17-14(20)21-13-11-9-8-10-12-13/h13H,6-12H2,1-5H3,(H,17,20). The lowest BCUT2D eigenvalue weighted by Gasteiger charge is -2.29. The Hall–Kier alpha value is -0.580. The smallest absolute Gasteiger partial charge is 0.281 e. The van der Waals surface area contributed by atoms with Crippen molar-refractivity contribution < 1.29 is 4.79 Å². The summed E-state index contributed by atoms with van der Waals surface area (Å²) in [5, 5.41) is 12.5. The molecular formula is C16H31N3OS. The van der Waals surface area contributed by atoms with E-state index in [-0.39, 0.29) is 10.8 Å². The second-order valence-electron chi connectivity index (χ2n) is 6.90. The summed E-state index contributed by atoms with van der Waals surface area (Å²) in [7, 11) is 0. The highest BCUT2D eigenvalue weighted by Crippen LogP contribution is 2.30. The maximum Gasteiger partial charge on any atom is 0.281 e. The van der Waals surface area contributed by atoms with Gasteiger partial charge in [-0.25, -0.2) is 0 Å². The number of amides is 1. The maximum absolute atomic E-state index is 12.3. The summed E-state index contributed by atoms with van der Waals surface area (Å²) < 4.78 is 0. The summed E-state index contributed by atoms with van der Waals surface area (Å²) >= 11 is 1.46. The second kappa shape index (κ2) is 8.16. The van der Waals surface area contributed by atoms with Gasteiger partial charge >= 0.3 is 0 Å². The van der Waals surface area contributed by atoms with E-state index in [9.17, 15) is 4.79 Å². The first-order valence-corrected chi connectivity index (χ1v) is 9.11. The molecule has 1 N–H and O–H groups in total. The highest BCUT2D eigenvalue weighted by molar-refractivity contribution is 8.14. The molecule has 0 saturated heterocycles. The zero-order chi connectivity index (χ0) is 15.9. The average molecular weight is 314 g/mol. The topological polar surface area (TPSA) is 53.8 Å².